The molecule has 3 nitrogen and oxygen atoms in total. The van der Waals surface area contributed by atoms with E-state index < -0.39 is 5.41 Å². The molecule has 2 aliphatic rings. The second-order valence-electron chi connectivity index (χ2n) is 4.36. The minimum atomic E-state index is -0.398. The molecule has 0 atom stereocenters. The molecule has 0 unspecified atom stereocenters. The van der Waals surface area contributed by atoms with Crippen LogP contribution in [0.2, 0.25) is 0 Å². The molecule has 0 amide bonds. The van der Waals surface area contributed by atoms with Gasteiger partial charge in [-0.3, -0.25) is 4.79 Å². The first kappa shape index (κ1) is 10.3. The Bertz CT molecular complexity index is 452. The van der Waals surface area contributed by atoms with Gasteiger partial charge in [0.25, 0.3) is 0 Å². The second kappa shape index (κ2) is 3.57. The minimum Gasteiger partial charge on any atom is -0.426 e. The fraction of sp³-hybridized carbons (Fsp3) is 0.417. The molecule has 0 aliphatic carbocycles. The van der Waals surface area contributed by atoms with Crippen LogP contribution >= 0.6 is 15.9 Å². The van der Waals surface area contributed by atoms with Gasteiger partial charge in [0.15, 0.2) is 0 Å². The Balaban J connectivity index is 2.13. The van der Waals surface area contributed by atoms with E-state index in [1.165, 1.54) is 0 Å². The molecule has 2 aliphatic heterocycles. The van der Waals surface area contributed by atoms with Crippen molar-refractivity contribution in [3.8, 4) is 5.75 Å². The predicted molar refractivity (Wildman–Crippen MR) is 63.6 cm³/mol. The number of hydrogen-bond acceptors (Lipinski definition) is 3. The fourth-order valence-electron chi connectivity index (χ4n) is 2.60. The smallest absolute Gasteiger partial charge is 0.322 e. The highest BCUT2D eigenvalue weighted by Gasteiger charge is 2.49. The van der Waals surface area contributed by atoms with Gasteiger partial charge < -0.3 is 10.1 Å². The number of piperidine rings is 1. The maximum Gasteiger partial charge on any atom is 0.322 e. The lowest BCUT2D eigenvalue weighted by Gasteiger charge is -2.30. The van der Waals surface area contributed by atoms with Gasteiger partial charge in [-0.1, -0.05) is 15.9 Å². The van der Waals surface area contributed by atoms with Crippen molar-refractivity contribution >= 4 is 21.9 Å². The molecule has 2 heterocycles. The zero-order chi connectivity index (χ0) is 11.2. The van der Waals surface area contributed by atoms with Gasteiger partial charge in [-0.25, -0.2) is 0 Å². The van der Waals surface area contributed by atoms with Crippen LogP contribution in [0.1, 0.15) is 18.4 Å². The van der Waals surface area contributed by atoms with Crippen LogP contribution in [0.25, 0.3) is 0 Å². The van der Waals surface area contributed by atoms with E-state index in [0.717, 1.165) is 41.7 Å². The predicted octanol–water partition coefficient (Wildman–Crippen LogP) is 1.99. The van der Waals surface area contributed by atoms with Gasteiger partial charge in [-0.05, 0) is 44.1 Å². The van der Waals surface area contributed by atoms with E-state index in [9.17, 15) is 4.79 Å². The van der Waals surface area contributed by atoms with Crippen molar-refractivity contribution in [3.05, 3.63) is 28.2 Å². The number of nitrogens with one attached hydrogen (secondary N) is 1. The van der Waals surface area contributed by atoms with Crippen molar-refractivity contribution in [2.24, 2.45) is 0 Å². The summed E-state index contributed by atoms with van der Waals surface area (Å²) in [5.74, 6) is 0.650. The van der Waals surface area contributed by atoms with Gasteiger partial charge >= 0.3 is 5.97 Å². The van der Waals surface area contributed by atoms with Gasteiger partial charge in [0, 0.05) is 10.0 Å². The average Bonchev–Trinajstić information content (AvgIpc) is 2.55. The zero-order valence-corrected chi connectivity index (χ0v) is 10.3. The molecule has 0 saturated carbocycles. The highest BCUT2D eigenvalue weighted by Crippen LogP contribution is 2.46. The number of rotatable bonds is 0. The molecular formula is C12H12BrNO2. The van der Waals surface area contributed by atoms with E-state index in [-0.39, 0.29) is 5.97 Å². The molecule has 84 valence electrons. The second-order valence-corrected chi connectivity index (χ2v) is 5.28. The fourth-order valence-corrected chi connectivity index (χ4v) is 2.96. The quantitative estimate of drug-likeness (QED) is 0.584. The molecular weight excluding hydrogens is 270 g/mol. The van der Waals surface area contributed by atoms with Gasteiger partial charge in [0.2, 0.25) is 0 Å². The monoisotopic (exact) mass is 281 g/mol. The maximum absolute atomic E-state index is 12.1. The molecule has 1 saturated heterocycles. The summed E-state index contributed by atoms with van der Waals surface area (Å²) in [4.78, 5) is 12.1. The number of esters is 1. The maximum atomic E-state index is 12.1. The summed E-state index contributed by atoms with van der Waals surface area (Å²) in [6.07, 6.45) is 1.66. The number of fused-ring (bicyclic) bond motifs is 2. The molecule has 1 spiro atoms. The van der Waals surface area contributed by atoms with Gasteiger partial charge in [0.1, 0.15) is 5.75 Å². The van der Waals surface area contributed by atoms with Gasteiger partial charge in [-0.15, -0.1) is 0 Å². The van der Waals surface area contributed by atoms with Crippen LogP contribution in [0.4, 0.5) is 0 Å². The summed E-state index contributed by atoms with van der Waals surface area (Å²) in [5.41, 5.74) is 0.651. The first-order valence-corrected chi connectivity index (χ1v) is 6.25. The molecule has 0 aromatic heterocycles. The molecule has 1 aromatic rings. The first-order valence-electron chi connectivity index (χ1n) is 5.45. The van der Waals surface area contributed by atoms with E-state index in [4.69, 9.17) is 4.74 Å². The van der Waals surface area contributed by atoms with Crippen molar-refractivity contribution in [1.29, 1.82) is 0 Å². The lowest BCUT2D eigenvalue weighted by molar-refractivity contribution is -0.139. The summed E-state index contributed by atoms with van der Waals surface area (Å²) in [6, 6.07) is 5.80. The SMILES string of the molecule is O=C1Oc2ccc(Br)cc2C12CCNCC2. The number of halogens is 1. The van der Waals surface area contributed by atoms with Crippen LogP contribution in [-0.2, 0) is 10.2 Å². The summed E-state index contributed by atoms with van der Waals surface area (Å²) < 4.78 is 6.37. The van der Waals surface area contributed by atoms with Gasteiger partial charge in [0.05, 0.1) is 5.41 Å². The Morgan fingerprint density at radius 1 is 1.31 bits per heavy atom. The van der Waals surface area contributed by atoms with E-state index in [1.807, 2.05) is 18.2 Å². The summed E-state index contributed by atoms with van der Waals surface area (Å²) in [7, 11) is 0. The first-order chi connectivity index (χ1) is 7.72. The van der Waals surface area contributed by atoms with Crippen LogP contribution in [0.3, 0.4) is 0 Å². The number of carbonyl (C=O) groups excluding carboxylic acids is 1. The normalized spacial score (nSPS) is 21.9. The van der Waals surface area contributed by atoms with Crippen LogP contribution in [0.5, 0.6) is 5.75 Å². The van der Waals surface area contributed by atoms with Crippen LogP contribution in [-0.4, -0.2) is 19.1 Å². The summed E-state index contributed by atoms with van der Waals surface area (Å²) in [6.45, 7) is 1.75. The highest BCUT2D eigenvalue weighted by atomic mass is 79.9. The summed E-state index contributed by atoms with van der Waals surface area (Å²) >= 11 is 3.45. The molecule has 0 radical (unpaired) electrons. The minimum absolute atomic E-state index is 0.0814. The lowest BCUT2D eigenvalue weighted by atomic mass is 9.74. The Hall–Kier alpha value is -0.870. The zero-order valence-electron chi connectivity index (χ0n) is 8.75. The van der Waals surface area contributed by atoms with Crippen molar-refractivity contribution in [2.45, 2.75) is 18.3 Å². The third kappa shape index (κ3) is 1.33. The van der Waals surface area contributed by atoms with E-state index >= 15 is 0 Å². The van der Waals surface area contributed by atoms with Crippen molar-refractivity contribution in [1.82, 2.24) is 5.32 Å². The van der Waals surface area contributed by atoms with E-state index in [2.05, 4.69) is 21.2 Å². The molecule has 1 N–H and O–H groups in total. The highest BCUT2D eigenvalue weighted by molar-refractivity contribution is 9.10. The third-order valence-electron chi connectivity index (χ3n) is 3.51. The topological polar surface area (TPSA) is 38.3 Å². The van der Waals surface area contributed by atoms with Crippen LogP contribution < -0.4 is 10.1 Å². The molecule has 1 aromatic carbocycles. The Morgan fingerprint density at radius 2 is 2.06 bits per heavy atom. The number of hydrogen-bond donors (Lipinski definition) is 1. The van der Waals surface area contributed by atoms with E-state index in [0.29, 0.717) is 0 Å². The molecule has 0 bridgehead atoms. The lowest BCUT2D eigenvalue weighted by Crippen LogP contribution is -2.44. The summed E-state index contributed by atoms with van der Waals surface area (Å²) in [5, 5.41) is 3.28. The Morgan fingerprint density at radius 3 is 2.81 bits per heavy atom. The number of benzene rings is 1. The number of carbonyl (C=O) groups is 1. The largest absolute Gasteiger partial charge is 0.426 e. The molecule has 1 fully saturated rings. The van der Waals surface area contributed by atoms with Crippen molar-refractivity contribution < 1.29 is 9.53 Å². The van der Waals surface area contributed by atoms with Crippen LogP contribution in [0.15, 0.2) is 22.7 Å². The Kier molecular flexibility index (Phi) is 2.30. The third-order valence-corrected chi connectivity index (χ3v) is 4.00. The van der Waals surface area contributed by atoms with Gasteiger partial charge in [-0.2, -0.15) is 0 Å². The Labute approximate surface area is 102 Å². The molecule has 16 heavy (non-hydrogen) atoms. The standard InChI is InChI=1S/C12H12BrNO2/c13-8-1-2-10-9(7-8)12(11(15)16-10)3-5-14-6-4-12/h1-2,7,14H,3-6H2. The number of ether oxygens (including phenoxy) is 1. The van der Waals surface area contributed by atoms with E-state index in [1.54, 1.807) is 0 Å². The molecule has 3 rings (SSSR count). The average molecular weight is 282 g/mol. The van der Waals surface area contributed by atoms with Crippen molar-refractivity contribution in [3.63, 3.8) is 0 Å². The molecule has 4 heteroatoms. The van der Waals surface area contributed by atoms with Crippen LogP contribution in [0, 0.1) is 0 Å². The van der Waals surface area contributed by atoms with Crippen molar-refractivity contribution in [2.75, 3.05) is 13.1 Å².